The lowest BCUT2D eigenvalue weighted by atomic mass is 9.82. The summed E-state index contributed by atoms with van der Waals surface area (Å²) in [4.78, 5) is 0. The van der Waals surface area contributed by atoms with Crippen molar-refractivity contribution in [2.45, 2.75) is 54.0 Å². The van der Waals surface area contributed by atoms with Gasteiger partial charge in [0.15, 0.2) is 0 Å². The van der Waals surface area contributed by atoms with E-state index in [1.54, 1.807) is 0 Å². The number of hydrogen-bond acceptors (Lipinski definition) is 1. The Morgan fingerprint density at radius 2 is 1.78 bits per heavy atom. The van der Waals surface area contributed by atoms with Gasteiger partial charge >= 0.3 is 0 Å². The number of hydrogen-bond donors (Lipinski definition) is 1. The molecule has 0 amide bonds. The van der Waals surface area contributed by atoms with E-state index in [2.05, 4.69) is 65.1 Å². The highest BCUT2D eigenvalue weighted by atomic mass is 14.9. The van der Waals surface area contributed by atoms with Gasteiger partial charge in [0.2, 0.25) is 0 Å². The highest BCUT2D eigenvalue weighted by molar-refractivity contribution is 5.31. The maximum Gasteiger partial charge on any atom is 0.00725 e. The fourth-order valence-electron chi connectivity index (χ4n) is 2.74. The van der Waals surface area contributed by atoms with Crippen molar-refractivity contribution in [2.75, 3.05) is 6.54 Å². The molecule has 102 valence electrons. The summed E-state index contributed by atoms with van der Waals surface area (Å²) in [6.45, 7) is 14.6. The van der Waals surface area contributed by atoms with Crippen LogP contribution in [-0.4, -0.2) is 12.6 Å². The topological polar surface area (TPSA) is 12.0 Å². The van der Waals surface area contributed by atoms with Gasteiger partial charge in [0, 0.05) is 6.04 Å². The third-order valence-corrected chi connectivity index (χ3v) is 3.98. The number of aryl methyl sites for hydroxylation is 2. The quantitative estimate of drug-likeness (QED) is 0.797. The Balaban J connectivity index is 2.86. The van der Waals surface area contributed by atoms with E-state index in [1.165, 1.54) is 23.1 Å². The minimum Gasteiger partial charge on any atom is -0.314 e. The Kier molecular flexibility index (Phi) is 5.87. The van der Waals surface area contributed by atoms with Crippen LogP contribution in [0.3, 0.4) is 0 Å². The lowest BCUT2D eigenvalue weighted by Gasteiger charge is -2.29. The van der Waals surface area contributed by atoms with Crippen molar-refractivity contribution < 1.29 is 0 Å². The number of nitrogens with one attached hydrogen (secondary N) is 1. The Bertz CT molecular complexity index is 368. The lowest BCUT2D eigenvalue weighted by Crippen LogP contribution is -2.37. The second-order valence-corrected chi connectivity index (χ2v) is 5.89. The molecular weight excluding hydrogens is 218 g/mol. The molecule has 0 aliphatic heterocycles. The van der Waals surface area contributed by atoms with Gasteiger partial charge in [-0.05, 0) is 56.7 Å². The van der Waals surface area contributed by atoms with Crippen LogP contribution in [-0.2, 0) is 6.42 Å². The molecule has 0 aliphatic rings. The molecule has 1 aromatic carbocycles. The molecule has 2 unspecified atom stereocenters. The Labute approximate surface area is 113 Å². The Morgan fingerprint density at radius 3 is 2.33 bits per heavy atom. The predicted molar refractivity (Wildman–Crippen MR) is 81.1 cm³/mol. The molecular formula is C17H29N. The van der Waals surface area contributed by atoms with Gasteiger partial charge < -0.3 is 5.32 Å². The fourth-order valence-corrected chi connectivity index (χ4v) is 2.74. The first-order valence-electron chi connectivity index (χ1n) is 7.25. The van der Waals surface area contributed by atoms with Gasteiger partial charge in [-0.3, -0.25) is 0 Å². The number of rotatable bonds is 6. The SMILES string of the molecule is CCNC(C)C(Cc1cc(C)ccc1C)C(C)C. The predicted octanol–water partition coefficient (Wildman–Crippen LogP) is 4.12. The average Bonchev–Trinajstić information content (AvgIpc) is 2.30. The normalized spacial score (nSPS) is 14.8. The second kappa shape index (κ2) is 6.94. The zero-order valence-electron chi connectivity index (χ0n) is 12.9. The smallest absolute Gasteiger partial charge is 0.00725 e. The van der Waals surface area contributed by atoms with Crippen LogP contribution in [0.15, 0.2) is 18.2 Å². The van der Waals surface area contributed by atoms with Crippen LogP contribution in [0.2, 0.25) is 0 Å². The molecule has 0 fully saturated rings. The van der Waals surface area contributed by atoms with E-state index in [0.29, 0.717) is 17.9 Å². The molecule has 0 heterocycles. The lowest BCUT2D eigenvalue weighted by molar-refractivity contribution is 0.291. The van der Waals surface area contributed by atoms with Crippen LogP contribution in [0.25, 0.3) is 0 Å². The molecule has 18 heavy (non-hydrogen) atoms. The van der Waals surface area contributed by atoms with Crippen LogP contribution in [0.5, 0.6) is 0 Å². The first kappa shape index (κ1) is 15.2. The monoisotopic (exact) mass is 247 g/mol. The van der Waals surface area contributed by atoms with Gasteiger partial charge in [-0.15, -0.1) is 0 Å². The maximum atomic E-state index is 3.58. The summed E-state index contributed by atoms with van der Waals surface area (Å²) in [5.74, 6) is 1.41. The molecule has 1 nitrogen and oxygen atoms in total. The summed E-state index contributed by atoms with van der Waals surface area (Å²) in [6.07, 6.45) is 1.18. The van der Waals surface area contributed by atoms with Crippen molar-refractivity contribution in [3.63, 3.8) is 0 Å². The van der Waals surface area contributed by atoms with Crippen LogP contribution in [0.1, 0.15) is 44.4 Å². The molecule has 0 radical (unpaired) electrons. The third kappa shape index (κ3) is 4.13. The first-order valence-corrected chi connectivity index (χ1v) is 7.25. The molecule has 1 N–H and O–H groups in total. The van der Waals surface area contributed by atoms with E-state index in [0.717, 1.165) is 6.54 Å². The van der Waals surface area contributed by atoms with Crippen LogP contribution in [0, 0.1) is 25.7 Å². The van der Waals surface area contributed by atoms with Gasteiger partial charge in [0.05, 0.1) is 0 Å². The minimum atomic E-state index is 0.579. The molecule has 0 saturated heterocycles. The largest absolute Gasteiger partial charge is 0.314 e. The van der Waals surface area contributed by atoms with Crippen LogP contribution in [0.4, 0.5) is 0 Å². The van der Waals surface area contributed by atoms with E-state index in [-0.39, 0.29) is 0 Å². The third-order valence-electron chi connectivity index (χ3n) is 3.98. The standard InChI is InChI=1S/C17H29N/c1-7-18-15(6)17(12(2)3)11-16-10-13(4)8-9-14(16)5/h8-10,12,15,17-18H,7,11H2,1-6H3. The van der Waals surface area contributed by atoms with E-state index in [4.69, 9.17) is 0 Å². The Morgan fingerprint density at radius 1 is 1.11 bits per heavy atom. The second-order valence-electron chi connectivity index (χ2n) is 5.89. The molecule has 1 rings (SSSR count). The first-order chi connectivity index (χ1) is 8.45. The highest BCUT2D eigenvalue weighted by Gasteiger charge is 2.21. The zero-order chi connectivity index (χ0) is 13.7. The summed E-state index contributed by atoms with van der Waals surface area (Å²) < 4.78 is 0. The van der Waals surface area contributed by atoms with Gasteiger partial charge in [0.25, 0.3) is 0 Å². The van der Waals surface area contributed by atoms with Crippen LogP contribution < -0.4 is 5.32 Å². The molecule has 0 bridgehead atoms. The summed E-state index contributed by atoms with van der Waals surface area (Å²) in [5.41, 5.74) is 4.31. The summed E-state index contributed by atoms with van der Waals surface area (Å²) in [6, 6.07) is 7.38. The molecule has 0 spiro atoms. The van der Waals surface area contributed by atoms with E-state index in [1.807, 2.05) is 0 Å². The van der Waals surface area contributed by atoms with E-state index < -0.39 is 0 Å². The minimum absolute atomic E-state index is 0.579. The van der Waals surface area contributed by atoms with Gasteiger partial charge in [-0.2, -0.15) is 0 Å². The van der Waals surface area contributed by atoms with Crippen molar-refractivity contribution >= 4 is 0 Å². The van der Waals surface area contributed by atoms with Crippen molar-refractivity contribution in [3.05, 3.63) is 34.9 Å². The number of benzene rings is 1. The molecule has 0 saturated carbocycles. The highest BCUT2D eigenvalue weighted by Crippen LogP contribution is 2.23. The molecule has 0 aliphatic carbocycles. The van der Waals surface area contributed by atoms with Crippen molar-refractivity contribution in [3.8, 4) is 0 Å². The molecule has 0 aromatic heterocycles. The maximum absolute atomic E-state index is 3.58. The molecule has 1 aromatic rings. The van der Waals surface area contributed by atoms with Crippen molar-refractivity contribution in [1.29, 1.82) is 0 Å². The fraction of sp³-hybridized carbons (Fsp3) is 0.647. The van der Waals surface area contributed by atoms with Gasteiger partial charge in [-0.1, -0.05) is 44.5 Å². The van der Waals surface area contributed by atoms with E-state index >= 15 is 0 Å². The van der Waals surface area contributed by atoms with Gasteiger partial charge in [-0.25, -0.2) is 0 Å². The average molecular weight is 247 g/mol. The zero-order valence-corrected chi connectivity index (χ0v) is 12.9. The van der Waals surface area contributed by atoms with Crippen LogP contribution >= 0.6 is 0 Å². The molecule has 1 heteroatoms. The Hall–Kier alpha value is -0.820. The molecule has 2 atom stereocenters. The summed E-state index contributed by atoms with van der Waals surface area (Å²) in [7, 11) is 0. The van der Waals surface area contributed by atoms with Crippen molar-refractivity contribution in [1.82, 2.24) is 5.32 Å². The summed E-state index contributed by atoms with van der Waals surface area (Å²) >= 11 is 0. The summed E-state index contributed by atoms with van der Waals surface area (Å²) in [5, 5.41) is 3.58. The van der Waals surface area contributed by atoms with Crippen molar-refractivity contribution in [2.24, 2.45) is 11.8 Å². The van der Waals surface area contributed by atoms with E-state index in [9.17, 15) is 0 Å². The van der Waals surface area contributed by atoms with Gasteiger partial charge in [0.1, 0.15) is 0 Å².